The van der Waals surface area contributed by atoms with E-state index in [1.165, 1.54) is 20.2 Å². The van der Waals surface area contributed by atoms with Crippen LogP contribution in [-0.2, 0) is 19.7 Å². The number of nitrogens with one attached hydrogen (secondary N) is 1. The third-order valence-corrected chi connectivity index (χ3v) is 9.43. The number of amides is 1. The van der Waals surface area contributed by atoms with Gasteiger partial charge in [0.1, 0.15) is 5.82 Å². The van der Waals surface area contributed by atoms with Crippen molar-refractivity contribution >= 4 is 16.1 Å². The van der Waals surface area contributed by atoms with E-state index >= 15 is 0 Å². The Kier molecular flexibility index (Phi) is 8.15. The maximum atomic E-state index is 14.8. The molecule has 1 aromatic carbocycles. The minimum Gasteiger partial charge on any atom is -0.378 e. The lowest BCUT2D eigenvalue weighted by molar-refractivity contribution is -0.153. The number of hydrogen-bond donors (Lipinski definition) is 1. The lowest BCUT2D eigenvalue weighted by Gasteiger charge is -2.43. The third-order valence-electron chi connectivity index (χ3n) is 7.87. The van der Waals surface area contributed by atoms with Crippen molar-refractivity contribution in [1.29, 1.82) is 0 Å². The number of likely N-dealkylation sites (tertiary alicyclic amines) is 1. The smallest absolute Gasteiger partial charge is 0.279 e. The van der Waals surface area contributed by atoms with Gasteiger partial charge < -0.3 is 9.64 Å². The van der Waals surface area contributed by atoms with Crippen molar-refractivity contribution in [2.45, 2.75) is 75.1 Å². The largest absolute Gasteiger partial charge is 0.378 e. The van der Waals surface area contributed by atoms with Gasteiger partial charge in [0.05, 0.1) is 12.7 Å². The van der Waals surface area contributed by atoms with Crippen LogP contribution >= 0.6 is 0 Å². The molecule has 7 nitrogen and oxygen atoms in total. The highest BCUT2D eigenvalue weighted by Crippen LogP contribution is 2.39. The summed E-state index contributed by atoms with van der Waals surface area (Å²) in [5.74, 6) is -0.665. The number of carbonyl (C=O) groups is 1. The van der Waals surface area contributed by atoms with Crippen molar-refractivity contribution in [1.82, 2.24) is 13.9 Å². The molecule has 10 heteroatoms. The predicted molar refractivity (Wildman–Crippen MR) is 129 cm³/mol. The van der Waals surface area contributed by atoms with Crippen LogP contribution in [0.25, 0.3) is 0 Å². The molecule has 3 aliphatic rings. The van der Waals surface area contributed by atoms with Gasteiger partial charge in [-0.25, -0.2) is 8.78 Å². The Morgan fingerprint density at radius 3 is 2.51 bits per heavy atom. The Bertz CT molecular complexity index is 994. The van der Waals surface area contributed by atoms with Crippen LogP contribution in [0.5, 0.6) is 0 Å². The molecule has 1 unspecified atom stereocenters. The van der Waals surface area contributed by atoms with Crippen molar-refractivity contribution in [2.75, 3.05) is 33.8 Å². The van der Waals surface area contributed by atoms with Crippen LogP contribution < -0.4 is 4.72 Å². The summed E-state index contributed by atoms with van der Waals surface area (Å²) in [6.45, 7) is 0.878. The summed E-state index contributed by atoms with van der Waals surface area (Å²) in [6.07, 6.45) is 5.12. The molecule has 1 aliphatic heterocycles. The van der Waals surface area contributed by atoms with Crippen LogP contribution in [0, 0.1) is 11.7 Å². The van der Waals surface area contributed by atoms with Crippen LogP contribution in [0.15, 0.2) is 24.3 Å². The maximum absolute atomic E-state index is 14.8. The van der Waals surface area contributed by atoms with Crippen molar-refractivity contribution in [2.24, 2.45) is 5.92 Å². The lowest BCUT2D eigenvalue weighted by Crippen LogP contribution is -2.59. The first-order valence-corrected chi connectivity index (χ1v) is 14.1. The average molecular weight is 514 g/mol. The van der Waals surface area contributed by atoms with Crippen LogP contribution in [0.3, 0.4) is 0 Å². The second kappa shape index (κ2) is 10.8. The molecule has 0 bridgehead atoms. The SMILES string of the molecule is CN(C)S(=O)(=O)N[C@H]1CCN(C(=O)C2(F)CCC2)CC1COC1CCC(c2cccc(F)c2)CC1. The number of carbonyl (C=O) groups excluding carboxylic acids is 1. The summed E-state index contributed by atoms with van der Waals surface area (Å²) in [6, 6.07) is 6.35. The third kappa shape index (κ3) is 6.21. The standard InChI is InChI=1S/C25H37F2N3O4S/c1-29(2)35(32,33)28-23-11-14-30(24(31)25(27)12-4-13-25)16-20(23)17-34-22-9-7-18(8-10-22)19-5-3-6-21(26)15-19/h3,5-6,15,18,20,22-23,28H,4,7-14,16-17H2,1-2H3/t18?,20?,22?,23-/m0/s1. The van der Waals surface area contributed by atoms with E-state index in [4.69, 9.17) is 4.74 Å². The molecule has 0 spiro atoms. The number of benzene rings is 1. The molecule has 4 rings (SSSR count). The topological polar surface area (TPSA) is 79.0 Å². The fourth-order valence-electron chi connectivity index (χ4n) is 5.40. The number of piperidine rings is 1. The van der Waals surface area contributed by atoms with Crippen molar-refractivity contribution in [3.63, 3.8) is 0 Å². The van der Waals surface area contributed by atoms with Gasteiger partial charge in [-0.15, -0.1) is 0 Å². The number of rotatable bonds is 8. The van der Waals surface area contributed by atoms with Gasteiger partial charge in [-0.1, -0.05) is 12.1 Å². The van der Waals surface area contributed by atoms with Gasteiger partial charge in [-0.2, -0.15) is 17.4 Å². The van der Waals surface area contributed by atoms with E-state index in [2.05, 4.69) is 4.72 Å². The lowest BCUT2D eigenvalue weighted by atomic mass is 9.80. The Balaban J connectivity index is 1.36. The molecule has 2 atom stereocenters. The van der Waals surface area contributed by atoms with Gasteiger partial charge in [0.2, 0.25) is 0 Å². The number of nitrogens with zero attached hydrogens (tertiary/aromatic N) is 2. The number of hydrogen-bond acceptors (Lipinski definition) is 4. The summed E-state index contributed by atoms with van der Waals surface area (Å²) < 4.78 is 63.5. The second-order valence-electron chi connectivity index (χ2n) is 10.5. The molecule has 1 amide bonds. The molecular weight excluding hydrogens is 476 g/mol. The van der Waals surface area contributed by atoms with Gasteiger partial charge >= 0.3 is 0 Å². The summed E-state index contributed by atoms with van der Waals surface area (Å²) in [7, 11) is -0.725. The Hall–Kier alpha value is -1.62. The zero-order chi connectivity index (χ0) is 25.2. The minimum atomic E-state index is -3.66. The molecule has 1 heterocycles. The van der Waals surface area contributed by atoms with E-state index in [0.29, 0.717) is 31.9 Å². The molecular formula is C25H37F2N3O4S. The number of halogens is 2. The quantitative estimate of drug-likeness (QED) is 0.578. The van der Waals surface area contributed by atoms with Gasteiger partial charge in [0.15, 0.2) is 5.67 Å². The van der Waals surface area contributed by atoms with Crippen molar-refractivity contribution in [3.8, 4) is 0 Å². The van der Waals surface area contributed by atoms with E-state index < -0.39 is 27.8 Å². The second-order valence-corrected chi connectivity index (χ2v) is 12.4. The highest BCUT2D eigenvalue weighted by molar-refractivity contribution is 7.87. The fraction of sp³-hybridized carbons (Fsp3) is 0.720. The monoisotopic (exact) mass is 513 g/mol. The van der Waals surface area contributed by atoms with Gasteiger partial charge in [0, 0.05) is 39.1 Å². The molecule has 196 valence electrons. The molecule has 2 saturated carbocycles. The van der Waals surface area contributed by atoms with E-state index in [1.807, 2.05) is 6.07 Å². The average Bonchev–Trinajstić information content (AvgIpc) is 2.81. The van der Waals surface area contributed by atoms with Gasteiger partial charge in [-0.05, 0) is 75.0 Å². The van der Waals surface area contributed by atoms with E-state index in [-0.39, 0.29) is 37.2 Å². The molecule has 1 saturated heterocycles. The summed E-state index contributed by atoms with van der Waals surface area (Å²) >= 11 is 0. The predicted octanol–water partition coefficient (Wildman–Crippen LogP) is 3.37. The Labute approximate surface area is 207 Å². The van der Waals surface area contributed by atoms with Gasteiger partial charge in [0.25, 0.3) is 16.1 Å². The number of ether oxygens (including phenoxy) is 1. The molecule has 3 fully saturated rings. The van der Waals surface area contributed by atoms with E-state index in [0.717, 1.165) is 35.6 Å². The van der Waals surface area contributed by atoms with E-state index in [1.54, 1.807) is 17.0 Å². The van der Waals surface area contributed by atoms with E-state index in [9.17, 15) is 22.0 Å². The van der Waals surface area contributed by atoms with Crippen LogP contribution in [0.4, 0.5) is 8.78 Å². The minimum absolute atomic E-state index is 0.0242. The molecule has 1 aromatic rings. The molecule has 35 heavy (non-hydrogen) atoms. The van der Waals surface area contributed by atoms with Crippen LogP contribution in [0.1, 0.15) is 62.8 Å². The zero-order valence-corrected chi connectivity index (χ0v) is 21.4. The first-order valence-electron chi connectivity index (χ1n) is 12.6. The Morgan fingerprint density at radius 1 is 1.20 bits per heavy atom. The summed E-state index contributed by atoms with van der Waals surface area (Å²) in [5.41, 5.74) is -0.754. The van der Waals surface area contributed by atoms with Crippen LogP contribution in [-0.4, -0.2) is 75.1 Å². The maximum Gasteiger partial charge on any atom is 0.279 e. The van der Waals surface area contributed by atoms with Crippen molar-refractivity contribution < 1.29 is 26.7 Å². The molecule has 0 aromatic heterocycles. The first kappa shape index (κ1) is 26.4. The number of alkyl halides is 1. The van der Waals surface area contributed by atoms with Crippen LogP contribution in [0.2, 0.25) is 0 Å². The highest BCUT2D eigenvalue weighted by Gasteiger charge is 2.48. The fourth-order valence-corrected chi connectivity index (χ4v) is 6.31. The Morgan fingerprint density at radius 2 is 1.91 bits per heavy atom. The van der Waals surface area contributed by atoms with Crippen molar-refractivity contribution in [3.05, 3.63) is 35.6 Å². The highest BCUT2D eigenvalue weighted by atomic mass is 32.2. The molecule has 2 aliphatic carbocycles. The van der Waals surface area contributed by atoms with Gasteiger partial charge in [-0.3, -0.25) is 4.79 Å². The summed E-state index contributed by atoms with van der Waals surface area (Å²) in [4.78, 5) is 14.3. The zero-order valence-electron chi connectivity index (χ0n) is 20.6. The molecule has 1 N–H and O–H groups in total. The molecule has 0 radical (unpaired) electrons. The normalized spacial score (nSPS) is 29.1. The first-order chi connectivity index (χ1) is 16.6. The summed E-state index contributed by atoms with van der Waals surface area (Å²) in [5, 5.41) is 0.